The van der Waals surface area contributed by atoms with Gasteiger partial charge in [0.15, 0.2) is 0 Å². The number of nitrogens with two attached hydrogens (primary N) is 1. The second-order valence-electron chi connectivity index (χ2n) is 4.55. The predicted molar refractivity (Wildman–Crippen MR) is 67.9 cm³/mol. The molecular weight excluding hydrogens is 216 g/mol. The van der Waals surface area contributed by atoms with Gasteiger partial charge in [0.2, 0.25) is 0 Å². The first-order valence-electron chi connectivity index (χ1n) is 5.83. The first-order chi connectivity index (χ1) is 8.04. The van der Waals surface area contributed by atoms with Crippen LogP contribution in [0, 0.1) is 5.92 Å². The summed E-state index contributed by atoms with van der Waals surface area (Å²) in [6, 6.07) is 6.43. The van der Waals surface area contributed by atoms with E-state index < -0.39 is 0 Å². The number of para-hydroxylation sites is 1. The average molecular weight is 236 g/mol. The van der Waals surface area contributed by atoms with Crippen molar-refractivity contribution >= 4 is 5.91 Å². The number of hydrogen-bond acceptors (Lipinski definition) is 3. The SMILES string of the molecule is CC(C)CC(CN)NC(=O)c1ccccc1O. The summed E-state index contributed by atoms with van der Waals surface area (Å²) in [5.74, 6) is 0.178. The summed E-state index contributed by atoms with van der Waals surface area (Å²) in [6.45, 7) is 4.56. The van der Waals surface area contributed by atoms with Gasteiger partial charge in [-0.05, 0) is 24.5 Å². The normalized spacial score (nSPS) is 12.5. The summed E-state index contributed by atoms with van der Waals surface area (Å²) in [5.41, 5.74) is 5.90. The molecule has 0 fully saturated rings. The Hall–Kier alpha value is -1.55. The van der Waals surface area contributed by atoms with Crippen molar-refractivity contribution in [3.8, 4) is 5.75 Å². The van der Waals surface area contributed by atoms with Crippen molar-refractivity contribution in [3.63, 3.8) is 0 Å². The van der Waals surface area contributed by atoms with Crippen molar-refractivity contribution in [1.82, 2.24) is 5.32 Å². The molecule has 1 aromatic rings. The largest absolute Gasteiger partial charge is 0.507 e. The Labute approximate surface area is 102 Å². The van der Waals surface area contributed by atoms with Crippen molar-refractivity contribution < 1.29 is 9.90 Å². The Morgan fingerprint density at radius 2 is 2.06 bits per heavy atom. The van der Waals surface area contributed by atoms with Gasteiger partial charge >= 0.3 is 0 Å². The molecule has 4 nitrogen and oxygen atoms in total. The number of carbonyl (C=O) groups excluding carboxylic acids is 1. The van der Waals surface area contributed by atoms with Crippen LogP contribution in [-0.4, -0.2) is 23.6 Å². The third-order valence-electron chi connectivity index (χ3n) is 2.52. The number of aromatic hydroxyl groups is 1. The Kier molecular flexibility index (Phi) is 4.97. The maximum atomic E-state index is 11.9. The van der Waals surface area contributed by atoms with Gasteiger partial charge in [0, 0.05) is 12.6 Å². The molecule has 0 saturated carbocycles. The average Bonchev–Trinajstić information content (AvgIpc) is 2.27. The summed E-state index contributed by atoms with van der Waals surface area (Å²) in [6.07, 6.45) is 0.829. The molecule has 0 radical (unpaired) electrons. The van der Waals surface area contributed by atoms with Gasteiger partial charge in [0.25, 0.3) is 5.91 Å². The van der Waals surface area contributed by atoms with E-state index in [4.69, 9.17) is 5.73 Å². The molecule has 0 aliphatic carbocycles. The molecule has 0 aliphatic heterocycles. The van der Waals surface area contributed by atoms with Crippen LogP contribution in [0.25, 0.3) is 0 Å². The monoisotopic (exact) mass is 236 g/mol. The number of hydrogen-bond donors (Lipinski definition) is 3. The molecule has 1 unspecified atom stereocenters. The predicted octanol–water partition coefficient (Wildman–Crippen LogP) is 1.50. The van der Waals surface area contributed by atoms with Crippen molar-refractivity contribution in [2.24, 2.45) is 11.7 Å². The van der Waals surface area contributed by atoms with E-state index in [0.29, 0.717) is 12.5 Å². The van der Waals surface area contributed by atoms with Gasteiger partial charge in [0.1, 0.15) is 5.75 Å². The highest BCUT2D eigenvalue weighted by Gasteiger charge is 2.15. The molecule has 94 valence electrons. The molecule has 4 N–H and O–H groups in total. The van der Waals surface area contributed by atoms with Gasteiger partial charge in [-0.15, -0.1) is 0 Å². The number of phenols is 1. The van der Waals surface area contributed by atoms with Crippen LogP contribution < -0.4 is 11.1 Å². The highest BCUT2D eigenvalue weighted by Crippen LogP contribution is 2.15. The fourth-order valence-electron chi connectivity index (χ4n) is 1.71. The summed E-state index contributed by atoms with van der Waals surface area (Å²) < 4.78 is 0. The zero-order chi connectivity index (χ0) is 12.8. The lowest BCUT2D eigenvalue weighted by molar-refractivity contribution is 0.0931. The molecule has 1 amide bonds. The fourth-order valence-corrected chi connectivity index (χ4v) is 1.71. The highest BCUT2D eigenvalue weighted by molar-refractivity contribution is 5.96. The molecule has 0 aliphatic rings. The molecule has 0 aromatic heterocycles. The molecule has 1 aromatic carbocycles. The van der Waals surface area contributed by atoms with Crippen LogP contribution in [0.4, 0.5) is 0 Å². The number of amides is 1. The van der Waals surface area contributed by atoms with Gasteiger partial charge in [-0.2, -0.15) is 0 Å². The third kappa shape index (κ3) is 4.07. The number of carbonyl (C=O) groups is 1. The van der Waals surface area contributed by atoms with Crippen LogP contribution in [0.2, 0.25) is 0 Å². The minimum Gasteiger partial charge on any atom is -0.507 e. The van der Waals surface area contributed by atoms with Crippen molar-refractivity contribution in [2.75, 3.05) is 6.54 Å². The summed E-state index contributed by atoms with van der Waals surface area (Å²) in [4.78, 5) is 11.9. The standard InChI is InChI=1S/C13H20N2O2/c1-9(2)7-10(8-14)15-13(17)11-5-3-4-6-12(11)16/h3-6,9-10,16H,7-8,14H2,1-2H3,(H,15,17). The highest BCUT2D eigenvalue weighted by atomic mass is 16.3. The Balaban J connectivity index is 2.68. The van der Waals surface area contributed by atoms with E-state index in [2.05, 4.69) is 19.2 Å². The molecule has 0 heterocycles. The lowest BCUT2D eigenvalue weighted by Gasteiger charge is -2.19. The zero-order valence-corrected chi connectivity index (χ0v) is 10.3. The maximum Gasteiger partial charge on any atom is 0.255 e. The summed E-state index contributed by atoms with van der Waals surface area (Å²) in [5, 5.41) is 12.4. The van der Waals surface area contributed by atoms with Crippen molar-refractivity contribution in [3.05, 3.63) is 29.8 Å². The van der Waals surface area contributed by atoms with Gasteiger partial charge in [-0.3, -0.25) is 4.79 Å². The minimum atomic E-state index is -0.279. The Morgan fingerprint density at radius 3 is 2.59 bits per heavy atom. The number of rotatable bonds is 5. The Bertz CT molecular complexity index is 377. The molecule has 0 spiro atoms. The van der Waals surface area contributed by atoms with E-state index in [-0.39, 0.29) is 23.3 Å². The first-order valence-corrected chi connectivity index (χ1v) is 5.83. The minimum absolute atomic E-state index is 0.00896. The lowest BCUT2D eigenvalue weighted by Crippen LogP contribution is -2.41. The molecule has 0 saturated heterocycles. The molecule has 0 bridgehead atoms. The lowest BCUT2D eigenvalue weighted by atomic mass is 10.0. The first kappa shape index (κ1) is 13.5. The second kappa shape index (κ2) is 6.25. The molecule has 17 heavy (non-hydrogen) atoms. The van der Waals surface area contributed by atoms with E-state index >= 15 is 0 Å². The fraction of sp³-hybridized carbons (Fsp3) is 0.462. The zero-order valence-electron chi connectivity index (χ0n) is 10.3. The summed E-state index contributed by atoms with van der Waals surface area (Å²) >= 11 is 0. The summed E-state index contributed by atoms with van der Waals surface area (Å²) in [7, 11) is 0. The van der Waals surface area contributed by atoms with Gasteiger partial charge in [-0.1, -0.05) is 26.0 Å². The van der Waals surface area contributed by atoms with E-state index in [1.54, 1.807) is 18.2 Å². The van der Waals surface area contributed by atoms with Crippen LogP contribution in [0.1, 0.15) is 30.6 Å². The molecule has 1 atom stereocenters. The van der Waals surface area contributed by atoms with E-state index in [1.165, 1.54) is 6.07 Å². The van der Waals surface area contributed by atoms with Crippen LogP contribution in [-0.2, 0) is 0 Å². The van der Waals surface area contributed by atoms with Crippen molar-refractivity contribution in [1.29, 1.82) is 0 Å². The number of benzene rings is 1. The topological polar surface area (TPSA) is 75.3 Å². The van der Waals surface area contributed by atoms with E-state index in [0.717, 1.165) is 6.42 Å². The van der Waals surface area contributed by atoms with Gasteiger partial charge in [0.05, 0.1) is 5.56 Å². The van der Waals surface area contributed by atoms with Gasteiger partial charge in [-0.25, -0.2) is 0 Å². The molecular formula is C13H20N2O2. The Morgan fingerprint density at radius 1 is 1.41 bits per heavy atom. The van der Waals surface area contributed by atoms with Crippen molar-refractivity contribution in [2.45, 2.75) is 26.3 Å². The van der Waals surface area contributed by atoms with Crippen LogP contribution >= 0.6 is 0 Å². The molecule has 4 heteroatoms. The van der Waals surface area contributed by atoms with Crippen LogP contribution in [0.5, 0.6) is 5.75 Å². The third-order valence-corrected chi connectivity index (χ3v) is 2.52. The smallest absolute Gasteiger partial charge is 0.255 e. The molecule has 1 rings (SSSR count). The number of phenolic OH excluding ortho intramolecular Hbond substituents is 1. The van der Waals surface area contributed by atoms with Gasteiger partial charge < -0.3 is 16.2 Å². The maximum absolute atomic E-state index is 11.9. The van der Waals surface area contributed by atoms with Crippen LogP contribution in [0.3, 0.4) is 0 Å². The van der Waals surface area contributed by atoms with Crippen LogP contribution in [0.15, 0.2) is 24.3 Å². The van der Waals surface area contributed by atoms with E-state index in [1.807, 2.05) is 0 Å². The number of nitrogens with one attached hydrogen (secondary N) is 1. The second-order valence-corrected chi connectivity index (χ2v) is 4.55. The van der Waals surface area contributed by atoms with E-state index in [9.17, 15) is 9.90 Å². The quantitative estimate of drug-likeness (QED) is 0.725.